The minimum absolute atomic E-state index is 0.121. The lowest BCUT2D eigenvalue weighted by Crippen LogP contribution is -2.41. The van der Waals surface area contributed by atoms with Crippen LogP contribution in [0.5, 0.6) is 0 Å². The van der Waals surface area contributed by atoms with Crippen LogP contribution in [-0.2, 0) is 22.9 Å². The molecule has 0 aliphatic heterocycles. The van der Waals surface area contributed by atoms with E-state index in [1.807, 2.05) is 56.3 Å². The molecule has 28 heavy (non-hydrogen) atoms. The smallest absolute Gasteiger partial charge is 0.347 e. The summed E-state index contributed by atoms with van der Waals surface area (Å²) in [6, 6.07) is 19.0. The van der Waals surface area contributed by atoms with Gasteiger partial charge in [0.05, 0.1) is 11.1 Å². The molecule has 0 saturated carbocycles. The second-order valence-corrected chi connectivity index (χ2v) is 7.40. The molecule has 0 unspecified atom stereocenters. The largest absolute Gasteiger partial charge is 0.416 e. The van der Waals surface area contributed by atoms with E-state index in [2.05, 4.69) is 5.32 Å². The van der Waals surface area contributed by atoms with Crippen LogP contribution in [0.3, 0.4) is 0 Å². The SMILES string of the molecule is CC(C)(NC(=O)CCc1cccc(C(F)(F)F)c1)c1cccc2ccccc12. The topological polar surface area (TPSA) is 29.1 Å². The van der Waals surface area contributed by atoms with Crippen LogP contribution in [0.1, 0.15) is 37.0 Å². The molecule has 146 valence electrons. The lowest BCUT2D eigenvalue weighted by atomic mass is 9.89. The molecule has 0 spiro atoms. The number of benzene rings is 3. The van der Waals surface area contributed by atoms with Gasteiger partial charge in [0.25, 0.3) is 0 Å². The van der Waals surface area contributed by atoms with Crippen molar-refractivity contribution in [2.75, 3.05) is 0 Å². The zero-order chi connectivity index (χ0) is 20.4. The highest BCUT2D eigenvalue weighted by molar-refractivity contribution is 5.87. The van der Waals surface area contributed by atoms with Gasteiger partial charge in [-0.1, -0.05) is 60.7 Å². The number of carbonyl (C=O) groups excluding carboxylic acids is 1. The van der Waals surface area contributed by atoms with E-state index in [1.165, 1.54) is 6.07 Å². The van der Waals surface area contributed by atoms with E-state index in [0.717, 1.165) is 28.5 Å². The van der Waals surface area contributed by atoms with E-state index in [0.29, 0.717) is 5.56 Å². The lowest BCUT2D eigenvalue weighted by molar-refractivity contribution is -0.137. The Morgan fingerprint density at radius 3 is 2.36 bits per heavy atom. The Bertz CT molecular complexity index is 987. The van der Waals surface area contributed by atoms with Crippen LogP contribution in [0.2, 0.25) is 0 Å². The lowest BCUT2D eigenvalue weighted by Gasteiger charge is -2.28. The van der Waals surface area contributed by atoms with E-state index >= 15 is 0 Å². The molecule has 5 heteroatoms. The highest BCUT2D eigenvalue weighted by Crippen LogP contribution is 2.30. The molecule has 0 aliphatic rings. The standard InChI is InChI=1S/C23H22F3NO/c1-22(2,20-12-6-9-17-8-3-4-11-19(17)20)27-21(28)14-13-16-7-5-10-18(15-16)23(24,25)26/h3-12,15H,13-14H2,1-2H3,(H,27,28). The number of hydrogen-bond donors (Lipinski definition) is 1. The third kappa shape index (κ3) is 4.53. The molecule has 0 aliphatic carbocycles. The van der Waals surface area contributed by atoms with Crippen molar-refractivity contribution in [2.45, 2.75) is 38.4 Å². The van der Waals surface area contributed by atoms with Gasteiger partial charge in [-0.15, -0.1) is 0 Å². The van der Waals surface area contributed by atoms with Crippen LogP contribution in [0.25, 0.3) is 10.8 Å². The Balaban J connectivity index is 1.70. The van der Waals surface area contributed by atoms with Gasteiger partial charge in [0.15, 0.2) is 0 Å². The summed E-state index contributed by atoms with van der Waals surface area (Å²) in [5, 5.41) is 5.17. The fourth-order valence-corrected chi connectivity index (χ4v) is 3.41. The summed E-state index contributed by atoms with van der Waals surface area (Å²) in [6.45, 7) is 3.86. The molecule has 0 bridgehead atoms. The number of amides is 1. The second-order valence-electron chi connectivity index (χ2n) is 7.40. The third-order valence-corrected chi connectivity index (χ3v) is 4.81. The molecule has 0 radical (unpaired) electrons. The van der Waals surface area contributed by atoms with Crippen LogP contribution in [0, 0.1) is 0 Å². The van der Waals surface area contributed by atoms with E-state index in [1.54, 1.807) is 6.07 Å². The number of hydrogen-bond acceptors (Lipinski definition) is 1. The molecule has 3 aromatic rings. The summed E-state index contributed by atoms with van der Waals surface area (Å²) < 4.78 is 38.5. The van der Waals surface area contributed by atoms with Gasteiger partial charge in [0.2, 0.25) is 5.91 Å². The first-order valence-corrected chi connectivity index (χ1v) is 9.12. The van der Waals surface area contributed by atoms with Crippen molar-refractivity contribution in [1.82, 2.24) is 5.32 Å². The van der Waals surface area contributed by atoms with Gasteiger partial charge in [0.1, 0.15) is 0 Å². The van der Waals surface area contributed by atoms with Gasteiger partial charge in [0, 0.05) is 6.42 Å². The zero-order valence-electron chi connectivity index (χ0n) is 15.8. The average Bonchev–Trinajstić information content (AvgIpc) is 2.65. The number of nitrogens with one attached hydrogen (secondary N) is 1. The van der Waals surface area contributed by atoms with Gasteiger partial charge in [-0.2, -0.15) is 13.2 Å². The third-order valence-electron chi connectivity index (χ3n) is 4.81. The summed E-state index contributed by atoms with van der Waals surface area (Å²) in [4.78, 5) is 12.5. The van der Waals surface area contributed by atoms with Crippen molar-refractivity contribution in [3.63, 3.8) is 0 Å². The molecule has 0 atom stereocenters. The minimum atomic E-state index is -4.38. The van der Waals surface area contributed by atoms with Crippen molar-refractivity contribution < 1.29 is 18.0 Å². The second kappa shape index (κ2) is 7.66. The quantitative estimate of drug-likeness (QED) is 0.587. The predicted molar refractivity (Wildman–Crippen MR) is 105 cm³/mol. The Kier molecular flexibility index (Phi) is 5.45. The summed E-state index contributed by atoms with van der Waals surface area (Å²) in [6.07, 6.45) is -4.01. The number of alkyl halides is 3. The first kappa shape index (κ1) is 19.9. The average molecular weight is 385 g/mol. The molecule has 0 saturated heterocycles. The van der Waals surface area contributed by atoms with E-state index in [9.17, 15) is 18.0 Å². The van der Waals surface area contributed by atoms with Gasteiger partial charge < -0.3 is 5.32 Å². The Hall–Kier alpha value is -2.82. The molecule has 1 N–H and O–H groups in total. The van der Waals surface area contributed by atoms with Gasteiger partial charge in [-0.25, -0.2) is 0 Å². The first-order chi connectivity index (χ1) is 13.2. The predicted octanol–water partition coefficient (Wildman–Crippen LogP) is 5.84. The van der Waals surface area contributed by atoms with Crippen LogP contribution < -0.4 is 5.32 Å². The Morgan fingerprint density at radius 1 is 0.929 bits per heavy atom. The van der Waals surface area contributed by atoms with E-state index in [4.69, 9.17) is 0 Å². The highest BCUT2D eigenvalue weighted by atomic mass is 19.4. The Labute approximate surface area is 162 Å². The number of fused-ring (bicyclic) bond motifs is 1. The molecule has 2 nitrogen and oxygen atoms in total. The first-order valence-electron chi connectivity index (χ1n) is 9.12. The summed E-state index contributed by atoms with van der Waals surface area (Å²) in [7, 11) is 0. The fourth-order valence-electron chi connectivity index (χ4n) is 3.41. The van der Waals surface area contributed by atoms with E-state index in [-0.39, 0.29) is 18.7 Å². The van der Waals surface area contributed by atoms with Gasteiger partial charge in [-0.3, -0.25) is 4.79 Å². The van der Waals surface area contributed by atoms with Crippen LogP contribution >= 0.6 is 0 Å². The molecule has 0 fully saturated rings. The molecule has 0 heterocycles. The number of rotatable bonds is 5. The molecule has 3 rings (SSSR count). The maximum Gasteiger partial charge on any atom is 0.416 e. The molecular weight excluding hydrogens is 363 g/mol. The van der Waals surface area contributed by atoms with E-state index < -0.39 is 17.3 Å². The number of halogens is 3. The van der Waals surface area contributed by atoms with Crippen molar-refractivity contribution in [2.24, 2.45) is 0 Å². The molecule has 0 aromatic heterocycles. The zero-order valence-corrected chi connectivity index (χ0v) is 15.8. The van der Waals surface area contributed by atoms with Crippen molar-refractivity contribution in [3.8, 4) is 0 Å². The van der Waals surface area contributed by atoms with Crippen LogP contribution in [0.4, 0.5) is 13.2 Å². The minimum Gasteiger partial charge on any atom is -0.347 e. The number of aryl methyl sites for hydroxylation is 1. The maximum absolute atomic E-state index is 12.8. The molecule has 1 amide bonds. The fraction of sp³-hybridized carbons (Fsp3) is 0.261. The maximum atomic E-state index is 12.8. The normalized spacial score (nSPS) is 12.2. The van der Waals surface area contributed by atoms with Crippen molar-refractivity contribution in [1.29, 1.82) is 0 Å². The summed E-state index contributed by atoms with van der Waals surface area (Å²) in [5.41, 5.74) is 0.193. The number of carbonyl (C=O) groups is 1. The summed E-state index contributed by atoms with van der Waals surface area (Å²) in [5.74, 6) is -0.199. The van der Waals surface area contributed by atoms with Crippen molar-refractivity contribution in [3.05, 3.63) is 83.4 Å². The van der Waals surface area contributed by atoms with Gasteiger partial charge >= 0.3 is 6.18 Å². The van der Waals surface area contributed by atoms with Crippen LogP contribution in [0.15, 0.2) is 66.7 Å². The monoisotopic (exact) mass is 385 g/mol. The Morgan fingerprint density at radius 2 is 1.61 bits per heavy atom. The van der Waals surface area contributed by atoms with Crippen molar-refractivity contribution >= 4 is 16.7 Å². The highest BCUT2D eigenvalue weighted by Gasteiger charge is 2.30. The van der Waals surface area contributed by atoms with Gasteiger partial charge in [-0.05, 0) is 48.2 Å². The summed E-state index contributed by atoms with van der Waals surface area (Å²) >= 11 is 0. The molecule has 3 aromatic carbocycles. The molecular formula is C23H22F3NO. The van der Waals surface area contributed by atoms with Crippen LogP contribution in [-0.4, -0.2) is 5.91 Å².